The summed E-state index contributed by atoms with van der Waals surface area (Å²) in [5.41, 5.74) is 5.20. The van der Waals surface area contributed by atoms with Gasteiger partial charge in [0.15, 0.2) is 11.6 Å². The summed E-state index contributed by atoms with van der Waals surface area (Å²) in [6.45, 7) is 0.726. The van der Waals surface area contributed by atoms with Crippen LogP contribution in [0.3, 0.4) is 0 Å². The Hall–Kier alpha value is -1.42. The van der Waals surface area contributed by atoms with E-state index >= 15 is 0 Å². The molecule has 1 aromatic rings. The van der Waals surface area contributed by atoms with Crippen LogP contribution in [0.4, 0.5) is 8.78 Å². The summed E-state index contributed by atoms with van der Waals surface area (Å²) >= 11 is 0. The molecule has 0 unspecified atom stereocenters. The van der Waals surface area contributed by atoms with Crippen molar-refractivity contribution in [3.05, 3.63) is 42.0 Å². The van der Waals surface area contributed by atoms with Crippen molar-refractivity contribution >= 4 is 0 Å². The molecule has 0 atom stereocenters. The molecule has 4 heteroatoms. The van der Waals surface area contributed by atoms with E-state index in [0.29, 0.717) is 18.9 Å². The fourth-order valence-electron chi connectivity index (χ4n) is 0.875. The molecule has 0 spiro atoms. The summed E-state index contributed by atoms with van der Waals surface area (Å²) in [6, 6.07) is 3.40. The zero-order chi connectivity index (χ0) is 10.4. The van der Waals surface area contributed by atoms with Gasteiger partial charge in [-0.15, -0.1) is 0 Å². The van der Waals surface area contributed by atoms with Gasteiger partial charge in [0.2, 0.25) is 0 Å². The molecule has 0 heterocycles. The molecule has 14 heavy (non-hydrogen) atoms. The predicted molar refractivity (Wildman–Crippen MR) is 50.0 cm³/mol. The average molecular weight is 199 g/mol. The molecule has 0 radical (unpaired) electrons. The molecule has 0 aromatic heterocycles. The number of rotatable bonds is 4. The lowest BCUT2D eigenvalue weighted by molar-refractivity contribution is 0.358. The van der Waals surface area contributed by atoms with Gasteiger partial charge in [-0.1, -0.05) is 12.2 Å². The first-order chi connectivity index (χ1) is 6.74. The summed E-state index contributed by atoms with van der Waals surface area (Å²) < 4.78 is 30.2. The number of nitrogens with two attached hydrogens (primary N) is 1. The normalized spacial score (nSPS) is 10.8. The van der Waals surface area contributed by atoms with Crippen molar-refractivity contribution < 1.29 is 13.5 Å². The minimum absolute atomic E-state index is 0.294. The van der Waals surface area contributed by atoms with Crippen molar-refractivity contribution in [1.82, 2.24) is 0 Å². The van der Waals surface area contributed by atoms with Crippen LogP contribution in [0.2, 0.25) is 0 Å². The van der Waals surface area contributed by atoms with Gasteiger partial charge in [0.05, 0.1) is 0 Å². The minimum atomic E-state index is -0.912. The van der Waals surface area contributed by atoms with E-state index in [4.69, 9.17) is 10.5 Å². The highest BCUT2D eigenvalue weighted by Gasteiger charge is 2.01. The van der Waals surface area contributed by atoms with E-state index in [1.807, 2.05) is 0 Å². The summed E-state index contributed by atoms with van der Waals surface area (Å²) in [4.78, 5) is 0. The smallest absolute Gasteiger partial charge is 0.162 e. The highest BCUT2D eigenvalue weighted by molar-refractivity contribution is 5.23. The number of halogens is 2. The van der Waals surface area contributed by atoms with Crippen LogP contribution < -0.4 is 10.5 Å². The Labute approximate surface area is 81.0 Å². The predicted octanol–water partition coefficient (Wildman–Crippen LogP) is 1.86. The maximum Gasteiger partial charge on any atom is 0.162 e. The maximum atomic E-state index is 12.7. The minimum Gasteiger partial charge on any atom is -0.489 e. The third kappa shape index (κ3) is 3.14. The highest BCUT2D eigenvalue weighted by atomic mass is 19.2. The van der Waals surface area contributed by atoms with Crippen molar-refractivity contribution in [2.24, 2.45) is 5.73 Å². The zero-order valence-corrected chi connectivity index (χ0v) is 7.54. The Kier molecular flexibility index (Phi) is 4.07. The molecule has 1 aromatic carbocycles. The van der Waals surface area contributed by atoms with Crippen molar-refractivity contribution in [1.29, 1.82) is 0 Å². The molecule has 2 N–H and O–H groups in total. The molecule has 1 rings (SSSR count). The number of hydrogen-bond acceptors (Lipinski definition) is 2. The van der Waals surface area contributed by atoms with Gasteiger partial charge in [-0.2, -0.15) is 0 Å². The third-order valence-corrected chi connectivity index (χ3v) is 1.54. The van der Waals surface area contributed by atoms with Gasteiger partial charge in [-0.25, -0.2) is 8.78 Å². The molecule has 0 saturated heterocycles. The zero-order valence-electron chi connectivity index (χ0n) is 7.54. The SMILES string of the molecule is NCC=CCOc1ccc(F)c(F)c1. The Morgan fingerprint density at radius 3 is 2.64 bits per heavy atom. The van der Waals surface area contributed by atoms with E-state index in [1.54, 1.807) is 12.2 Å². The lowest BCUT2D eigenvalue weighted by atomic mass is 10.3. The van der Waals surface area contributed by atoms with Crippen LogP contribution in [0.5, 0.6) is 5.75 Å². The summed E-state index contributed by atoms with van der Waals surface area (Å²) in [5.74, 6) is -1.49. The molecule has 0 aliphatic rings. The van der Waals surface area contributed by atoms with Crippen molar-refractivity contribution in [3.63, 3.8) is 0 Å². The van der Waals surface area contributed by atoms with Gasteiger partial charge >= 0.3 is 0 Å². The second-order valence-corrected chi connectivity index (χ2v) is 2.59. The summed E-state index contributed by atoms with van der Waals surface area (Å²) in [6.07, 6.45) is 3.43. The van der Waals surface area contributed by atoms with Crippen LogP contribution in [0.1, 0.15) is 0 Å². The molecule has 0 saturated carbocycles. The van der Waals surface area contributed by atoms with E-state index in [-0.39, 0.29) is 0 Å². The lowest BCUT2D eigenvalue weighted by Crippen LogP contribution is -1.97. The largest absolute Gasteiger partial charge is 0.489 e. The fraction of sp³-hybridized carbons (Fsp3) is 0.200. The van der Waals surface area contributed by atoms with Crippen molar-refractivity contribution in [2.45, 2.75) is 0 Å². The van der Waals surface area contributed by atoms with E-state index < -0.39 is 11.6 Å². The first kappa shape index (κ1) is 10.7. The van der Waals surface area contributed by atoms with Crippen LogP contribution >= 0.6 is 0 Å². The van der Waals surface area contributed by atoms with Crippen molar-refractivity contribution in [2.75, 3.05) is 13.2 Å². The maximum absolute atomic E-state index is 12.7. The highest BCUT2D eigenvalue weighted by Crippen LogP contribution is 2.15. The lowest BCUT2D eigenvalue weighted by Gasteiger charge is -2.02. The Bertz CT molecular complexity index is 326. The van der Waals surface area contributed by atoms with Crippen LogP contribution in [0, 0.1) is 11.6 Å². The molecule has 0 fully saturated rings. The van der Waals surface area contributed by atoms with Crippen LogP contribution in [0.25, 0.3) is 0 Å². The standard InChI is InChI=1S/C10H11F2NO/c11-9-4-3-8(7-10(9)12)14-6-2-1-5-13/h1-4,7H,5-6,13H2. The molecule has 0 bridgehead atoms. The van der Waals surface area contributed by atoms with E-state index in [9.17, 15) is 8.78 Å². The van der Waals surface area contributed by atoms with Gasteiger partial charge in [-0.05, 0) is 12.1 Å². The molecule has 0 aliphatic heterocycles. The molecular weight excluding hydrogens is 188 g/mol. The van der Waals surface area contributed by atoms with Gasteiger partial charge < -0.3 is 10.5 Å². The second kappa shape index (κ2) is 5.34. The average Bonchev–Trinajstić information content (AvgIpc) is 2.18. The molecule has 76 valence electrons. The molecular formula is C10H11F2NO. The fourth-order valence-corrected chi connectivity index (χ4v) is 0.875. The van der Waals surface area contributed by atoms with Crippen molar-refractivity contribution in [3.8, 4) is 5.75 Å². The molecule has 0 aliphatic carbocycles. The molecule has 0 amide bonds. The Morgan fingerprint density at radius 1 is 1.21 bits per heavy atom. The van der Waals surface area contributed by atoms with Gasteiger partial charge in [0.25, 0.3) is 0 Å². The first-order valence-corrected chi connectivity index (χ1v) is 4.17. The van der Waals surface area contributed by atoms with Crippen LogP contribution in [0.15, 0.2) is 30.4 Å². The van der Waals surface area contributed by atoms with Gasteiger partial charge in [0, 0.05) is 12.6 Å². The second-order valence-electron chi connectivity index (χ2n) is 2.59. The monoisotopic (exact) mass is 199 g/mol. The van der Waals surface area contributed by atoms with E-state index in [1.165, 1.54) is 6.07 Å². The van der Waals surface area contributed by atoms with Gasteiger partial charge in [-0.3, -0.25) is 0 Å². The van der Waals surface area contributed by atoms with E-state index in [0.717, 1.165) is 12.1 Å². The number of hydrogen-bond donors (Lipinski definition) is 1. The Morgan fingerprint density at radius 2 is 2.00 bits per heavy atom. The first-order valence-electron chi connectivity index (χ1n) is 4.17. The van der Waals surface area contributed by atoms with Crippen LogP contribution in [-0.4, -0.2) is 13.2 Å². The Balaban J connectivity index is 2.51. The summed E-state index contributed by atoms with van der Waals surface area (Å²) in [7, 11) is 0. The summed E-state index contributed by atoms with van der Waals surface area (Å²) in [5, 5.41) is 0. The quantitative estimate of drug-likeness (QED) is 0.751. The van der Waals surface area contributed by atoms with Gasteiger partial charge in [0.1, 0.15) is 12.4 Å². The molecule has 2 nitrogen and oxygen atoms in total. The van der Waals surface area contributed by atoms with Crippen LogP contribution in [-0.2, 0) is 0 Å². The topological polar surface area (TPSA) is 35.2 Å². The number of benzene rings is 1. The number of ether oxygens (including phenoxy) is 1. The third-order valence-electron chi connectivity index (χ3n) is 1.54. The van der Waals surface area contributed by atoms with E-state index in [2.05, 4.69) is 0 Å².